The number of aromatic nitrogens is 4. The Bertz CT molecular complexity index is 388. The van der Waals surface area contributed by atoms with Crippen LogP contribution >= 0.6 is 11.5 Å². The molecule has 1 N–H and O–H groups in total. The SMILES string of the molecule is O=c1[nH]nc(-c2csnn2)o1. The standard InChI is InChI=1S/C4H2N4O2S/c9-4-7-6-3(10-4)2-1-11-8-5-2/h1H,(H,7,9). The zero-order valence-electron chi connectivity index (χ0n) is 5.14. The highest BCUT2D eigenvalue weighted by Crippen LogP contribution is 2.10. The van der Waals surface area contributed by atoms with E-state index in [0.717, 1.165) is 0 Å². The summed E-state index contributed by atoms with van der Waals surface area (Å²) in [5.41, 5.74) is 0.466. The van der Waals surface area contributed by atoms with Crippen molar-refractivity contribution in [2.24, 2.45) is 0 Å². The van der Waals surface area contributed by atoms with Crippen molar-refractivity contribution in [3.8, 4) is 11.6 Å². The first kappa shape index (κ1) is 6.23. The third kappa shape index (κ3) is 1.05. The minimum atomic E-state index is -0.590. The zero-order chi connectivity index (χ0) is 7.68. The van der Waals surface area contributed by atoms with Crippen LogP contribution in [0.4, 0.5) is 0 Å². The van der Waals surface area contributed by atoms with Gasteiger partial charge in [-0.05, 0) is 11.5 Å². The lowest BCUT2D eigenvalue weighted by Crippen LogP contribution is -1.93. The highest BCUT2D eigenvalue weighted by Gasteiger charge is 2.06. The molecule has 0 saturated carbocycles. The summed E-state index contributed by atoms with van der Waals surface area (Å²) in [6.07, 6.45) is 0. The summed E-state index contributed by atoms with van der Waals surface area (Å²) >= 11 is 1.17. The second-order valence-electron chi connectivity index (χ2n) is 1.71. The third-order valence-electron chi connectivity index (χ3n) is 1.02. The van der Waals surface area contributed by atoms with E-state index in [1.165, 1.54) is 11.5 Å². The Morgan fingerprint density at radius 3 is 3.09 bits per heavy atom. The Labute approximate surface area is 64.0 Å². The molecule has 0 amide bonds. The first-order valence-electron chi connectivity index (χ1n) is 2.69. The second-order valence-corrected chi connectivity index (χ2v) is 2.32. The number of hydrogen-bond acceptors (Lipinski definition) is 6. The molecule has 2 heterocycles. The summed E-state index contributed by atoms with van der Waals surface area (Å²) < 4.78 is 8.19. The van der Waals surface area contributed by atoms with E-state index in [1.807, 2.05) is 0 Å². The van der Waals surface area contributed by atoms with Crippen molar-refractivity contribution in [2.75, 3.05) is 0 Å². The van der Waals surface area contributed by atoms with Gasteiger partial charge >= 0.3 is 5.76 Å². The number of nitrogens with one attached hydrogen (secondary N) is 1. The fraction of sp³-hybridized carbons (Fsp3) is 0. The molecule has 0 radical (unpaired) electrons. The first-order chi connectivity index (χ1) is 5.36. The molecule has 56 valence electrons. The van der Waals surface area contributed by atoms with Gasteiger partial charge in [-0.15, -0.1) is 10.2 Å². The van der Waals surface area contributed by atoms with Crippen molar-refractivity contribution in [3.05, 3.63) is 15.9 Å². The van der Waals surface area contributed by atoms with Crippen LogP contribution < -0.4 is 5.76 Å². The number of hydrogen-bond donors (Lipinski definition) is 1. The van der Waals surface area contributed by atoms with Gasteiger partial charge in [-0.25, -0.2) is 9.89 Å². The van der Waals surface area contributed by atoms with Gasteiger partial charge in [0.1, 0.15) is 0 Å². The van der Waals surface area contributed by atoms with Crippen LogP contribution in [0, 0.1) is 0 Å². The Morgan fingerprint density at radius 2 is 2.55 bits per heavy atom. The average molecular weight is 170 g/mol. The minimum Gasteiger partial charge on any atom is -0.386 e. The van der Waals surface area contributed by atoms with E-state index in [-0.39, 0.29) is 5.89 Å². The van der Waals surface area contributed by atoms with Gasteiger partial charge in [0.2, 0.25) is 0 Å². The molecule has 0 fully saturated rings. The van der Waals surface area contributed by atoms with Gasteiger partial charge in [-0.3, -0.25) is 0 Å². The van der Waals surface area contributed by atoms with Gasteiger partial charge in [0, 0.05) is 5.38 Å². The lowest BCUT2D eigenvalue weighted by Gasteiger charge is -1.78. The molecular formula is C4H2N4O2S. The van der Waals surface area contributed by atoms with E-state index >= 15 is 0 Å². The van der Waals surface area contributed by atoms with Crippen molar-refractivity contribution < 1.29 is 4.42 Å². The van der Waals surface area contributed by atoms with E-state index in [2.05, 4.69) is 24.2 Å². The lowest BCUT2D eigenvalue weighted by molar-refractivity contribution is 0.525. The molecule has 0 aliphatic rings. The fourth-order valence-electron chi connectivity index (χ4n) is 0.597. The summed E-state index contributed by atoms with van der Waals surface area (Å²) in [6, 6.07) is 0. The molecule has 0 aromatic carbocycles. The summed E-state index contributed by atoms with van der Waals surface area (Å²) in [7, 11) is 0. The molecule has 2 aromatic heterocycles. The van der Waals surface area contributed by atoms with E-state index < -0.39 is 5.76 Å². The molecule has 11 heavy (non-hydrogen) atoms. The van der Waals surface area contributed by atoms with Crippen LogP contribution in [0.1, 0.15) is 0 Å². The molecule has 0 aliphatic heterocycles. The molecule has 0 saturated heterocycles. The van der Waals surface area contributed by atoms with Crippen LogP contribution in [0.15, 0.2) is 14.6 Å². The Morgan fingerprint density at radius 1 is 1.64 bits per heavy atom. The largest absolute Gasteiger partial charge is 0.434 e. The lowest BCUT2D eigenvalue weighted by atomic mass is 10.5. The molecule has 0 atom stereocenters. The van der Waals surface area contributed by atoms with Crippen molar-refractivity contribution >= 4 is 11.5 Å². The molecule has 0 unspecified atom stereocenters. The summed E-state index contributed by atoms with van der Waals surface area (Å²) in [6.45, 7) is 0. The smallest absolute Gasteiger partial charge is 0.386 e. The highest BCUT2D eigenvalue weighted by atomic mass is 32.1. The van der Waals surface area contributed by atoms with Crippen molar-refractivity contribution in [1.29, 1.82) is 0 Å². The summed E-state index contributed by atoms with van der Waals surface area (Å²) in [5.74, 6) is -0.420. The average Bonchev–Trinajstić information content (AvgIpc) is 2.55. The number of aromatic amines is 1. The van der Waals surface area contributed by atoms with E-state index in [0.29, 0.717) is 5.69 Å². The molecule has 7 heteroatoms. The van der Waals surface area contributed by atoms with Gasteiger partial charge in [0.05, 0.1) is 0 Å². The summed E-state index contributed by atoms with van der Waals surface area (Å²) in [4.78, 5) is 10.5. The summed E-state index contributed by atoms with van der Waals surface area (Å²) in [5, 5.41) is 11.0. The molecule has 0 spiro atoms. The zero-order valence-corrected chi connectivity index (χ0v) is 5.96. The Balaban J connectivity index is 2.53. The second kappa shape index (κ2) is 2.27. The maximum absolute atomic E-state index is 10.5. The van der Waals surface area contributed by atoms with Crippen LogP contribution in [0.3, 0.4) is 0 Å². The van der Waals surface area contributed by atoms with E-state index in [1.54, 1.807) is 5.38 Å². The van der Waals surface area contributed by atoms with Crippen LogP contribution in [0.2, 0.25) is 0 Å². The molecule has 2 rings (SSSR count). The van der Waals surface area contributed by atoms with Gasteiger partial charge in [0.25, 0.3) is 5.89 Å². The van der Waals surface area contributed by atoms with Gasteiger partial charge in [-0.2, -0.15) is 0 Å². The molecule has 0 aliphatic carbocycles. The first-order valence-corrected chi connectivity index (χ1v) is 3.53. The van der Waals surface area contributed by atoms with E-state index in [4.69, 9.17) is 0 Å². The normalized spacial score (nSPS) is 10.2. The van der Waals surface area contributed by atoms with Crippen molar-refractivity contribution in [2.45, 2.75) is 0 Å². The monoisotopic (exact) mass is 170 g/mol. The third-order valence-corrected chi connectivity index (χ3v) is 1.52. The Kier molecular flexibility index (Phi) is 1.29. The van der Waals surface area contributed by atoms with Crippen molar-refractivity contribution in [1.82, 2.24) is 19.8 Å². The number of rotatable bonds is 1. The molecule has 2 aromatic rings. The fourth-order valence-corrected chi connectivity index (χ4v) is 1.03. The molecule has 0 bridgehead atoms. The molecule has 6 nitrogen and oxygen atoms in total. The van der Waals surface area contributed by atoms with Crippen LogP contribution in [0.25, 0.3) is 11.6 Å². The van der Waals surface area contributed by atoms with Gasteiger partial charge in [-0.1, -0.05) is 4.49 Å². The van der Waals surface area contributed by atoms with Crippen LogP contribution in [-0.4, -0.2) is 19.8 Å². The predicted octanol–water partition coefficient (Wildman–Crippen LogP) is -0.119. The predicted molar refractivity (Wildman–Crippen MR) is 36.0 cm³/mol. The van der Waals surface area contributed by atoms with Crippen molar-refractivity contribution in [3.63, 3.8) is 0 Å². The van der Waals surface area contributed by atoms with Gasteiger partial charge < -0.3 is 4.42 Å². The highest BCUT2D eigenvalue weighted by molar-refractivity contribution is 7.03. The quantitative estimate of drug-likeness (QED) is 0.645. The maximum atomic E-state index is 10.5. The van der Waals surface area contributed by atoms with E-state index in [9.17, 15) is 4.79 Å². The molecular weight excluding hydrogens is 168 g/mol. The minimum absolute atomic E-state index is 0.170. The Hall–Kier alpha value is -1.50. The van der Waals surface area contributed by atoms with Crippen LogP contribution in [-0.2, 0) is 0 Å². The van der Waals surface area contributed by atoms with Crippen LogP contribution in [0.5, 0.6) is 0 Å². The van der Waals surface area contributed by atoms with Gasteiger partial charge in [0.15, 0.2) is 5.69 Å². The number of nitrogens with zero attached hydrogens (tertiary/aromatic N) is 3. The maximum Gasteiger partial charge on any atom is 0.434 e. The number of H-pyrrole nitrogens is 1. The topological polar surface area (TPSA) is 84.7 Å².